The Balaban J connectivity index is 1.44. The summed E-state index contributed by atoms with van der Waals surface area (Å²) in [4.78, 5) is 31.7. The van der Waals surface area contributed by atoms with Crippen LogP contribution in [0.1, 0.15) is 49.5 Å². The highest BCUT2D eigenvalue weighted by Crippen LogP contribution is 2.23. The number of carbonyl (C=O) groups is 2. The number of hydrogen-bond donors (Lipinski definition) is 1. The lowest BCUT2D eigenvalue weighted by molar-refractivity contribution is 0.0199. The minimum atomic E-state index is -0.495. The summed E-state index contributed by atoms with van der Waals surface area (Å²) >= 11 is 1.72. The number of amides is 2. The lowest BCUT2D eigenvalue weighted by atomic mass is 10.0. The molecule has 2 heterocycles. The molecule has 0 atom stereocenters. The zero-order valence-electron chi connectivity index (χ0n) is 17.8. The van der Waals surface area contributed by atoms with E-state index in [1.165, 1.54) is 5.56 Å². The van der Waals surface area contributed by atoms with Crippen LogP contribution in [0.3, 0.4) is 0 Å². The highest BCUT2D eigenvalue weighted by Gasteiger charge is 2.27. The quantitative estimate of drug-likeness (QED) is 0.711. The van der Waals surface area contributed by atoms with E-state index >= 15 is 0 Å². The van der Waals surface area contributed by atoms with Crippen molar-refractivity contribution in [1.29, 1.82) is 0 Å². The van der Waals surface area contributed by atoms with Crippen molar-refractivity contribution in [3.8, 4) is 0 Å². The number of hydrogen-bond acceptors (Lipinski definition) is 5. The van der Waals surface area contributed by atoms with E-state index in [0.717, 1.165) is 23.5 Å². The van der Waals surface area contributed by atoms with Crippen LogP contribution in [0.15, 0.2) is 53.7 Å². The van der Waals surface area contributed by atoms with Crippen LogP contribution in [0.25, 0.3) is 0 Å². The van der Waals surface area contributed by atoms with Crippen LogP contribution >= 0.6 is 11.8 Å². The highest BCUT2D eigenvalue weighted by atomic mass is 32.2. The molecule has 2 amide bonds. The second-order valence-corrected chi connectivity index (χ2v) is 9.44. The van der Waals surface area contributed by atoms with Crippen LogP contribution in [0.5, 0.6) is 0 Å². The van der Waals surface area contributed by atoms with Gasteiger partial charge in [-0.3, -0.25) is 9.78 Å². The molecule has 1 fully saturated rings. The molecule has 0 spiro atoms. The fourth-order valence-electron chi connectivity index (χ4n) is 3.15. The number of ether oxygens (including phenoxy) is 1. The molecular formula is C23H29N3O3S. The Morgan fingerprint density at radius 2 is 1.87 bits per heavy atom. The third-order valence-corrected chi connectivity index (χ3v) is 5.81. The number of piperidine rings is 1. The molecule has 2 aromatic rings. The molecule has 1 aromatic heterocycles. The van der Waals surface area contributed by atoms with E-state index < -0.39 is 5.60 Å². The monoisotopic (exact) mass is 427 g/mol. The standard InChI is InChI=1S/C23H29N3O3S/c1-23(2,3)29-22(28)26-13-10-19(11-14-26)25-21(27)18-6-8-20(9-7-18)30-16-17-5-4-12-24-15-17/h4-9,12,15,19H,10-11,13-14,16H2,1-3H3,(H,25,27). The van der Waals surface area contributed by atoms with Gasteiger partial charge >= 0.3 is 6.09 Å². The van der Waals surface area contributed by atoms with Gasteiger partial charge < -0.3 is 15.0 Å². The lowest BCUT2D eigenvalue weighted by Crippen LogP contribution is -2.47. The van der Waals surface area contributed by atoms with Gasteiger partial charge in [0.05, 0.1) is 0 Å². The van der Waals surface area contributed by atoms with Gasteiger partial charge in [-0.05, 0) is 69.5 Å². The fraction of sp³-hybridized carbons (Fsp3) is 0.435. The fourth-order valence-corrected chi connectivity index (χ4v) is 3.99. The first kappa shape index (κ1) is 22.2. The van der Waals surface area contributed by atoms with Gasteiger partial charge in [-0.25, -0.2) is 4.79 Å². The van der Waals surface area contributed by atoms with Crippen LogP contribution in [-0.4, -0.2) is 46.6 Å². The summed E-state index contributed by atoms with van der Waals surface area (Å²) in [5.74, 6) is 0.768. The normalized spacial score (nSPS) is 15.0. The molecule has 0 aliphatic carbocycles. The number of nitrogens with zero attached hydrogens (tertiary/aromatic N) is 2. The van der Waals surface area contributed by atoms with Crippen LogP contribution in [0.2, 0.25) is 0 Å². The molecule has 0 bridgehead atoms. The van der Waals surface area contributed by atoms with E-state index in [0.29, 0.717) is 18.7 Å². The minimum Gasteiger partial charge on any atom is -0.444 e. The Hall–Kier alpha value is -2.54. The van der Waals surface area contributed by atoms with Gasteiger partial charge in [0.1, 0.15) is 5.60 Å². The molecular weight excluding hydrogens is 398 g/mol. The topological polar surface area (TPSA) is 71.5 Å². The number of aromatic nitrogens is 1. The predicted octanol–water partition coefficient (Wildman–Crippen LogP) is 4.50. The predicted molar refractivity (Wildman–Crippen MR) is 119 cm³/mol. The van der Waals surface area contributed by atoms with Gasteiger partial charge in [0, 0.05) is 47.7 Å². The van der Waals surface area contributed by atoms with Gasteiger partial charge in [-0.15, -0.1) is 11.8 Å². The van der Waals surface area contributed by atoms with Crippen molar-refractivity contribution in [2.45, 2.75) is 55.9 Å². The number of nitrogens with one attached hydrogen (secondary N) is 1. The maximum absolute atomic E-state index is 12.6. The zero-order valence-corrected chi connectivity index (χ0v) is 18.6. The molecule has 1 aliphatic heterocycles. The number of rotatable bonds is 5. The van der Waals surface area contributed by atoms with Crippen LogP contribution in [0.4, 0.5) is 4.79 Å². The first-order chi connectivity index (χ1) is 14.3. The number of thioether (sulfide) groups is 1. The van der Waals surface area contributed by atoms with Gasteiger partial charge in [-0.1, -0.05) is 6.07 Å². The minimum absolute atomic E-state index is 0.0656. The van der Waals surface area contributed by atoms with Crippen molar-refractivity contribution >= 4 is 23.8 Å². The summed E-state index contributed by atoms with van der Waals surface area (Å²) in [7, 11) is 0. The Bertz CT molecular complexity index is 842. The van der Waals surface area contributed by atoms with Crippen molar-refractivity contribution in [3.05, 3.63) is 59.9 Å². The molecule has 160 valence electrons. The molecule has 6 nitrogen and oxygen atoms in total. The van der Waals surface area contributed by atoms with Crippen LogP contribution < -0.4 is 5.32 Å². The maximum Gasteiger partial charge on any atom is 0.410 e. The first-order valence-electron chi connectivity index (χ1n) is 10.2. The van der Waals surface area contributed by atoms with Gasteiger partial charge in [0.25, 0.3) is 5.91 Å². The summed E-state index contributed by atoms with van der Waals surface area (Å²) in [6.45, 7) is 6.76. The second-order valence-electron chi connectivity index (χ2n) is 8.39. The van der Waals surface area contributed by atoms with E-state index in [4.69, 9.17) is 4.74 Å². The van der Waals surface area contributed by atoms with Crippen LogP contribution in [-0.2, 0) is 10.5 Å². The summed E-state index contributed by atoms with van der Waals surface area (Å²) in [5.41, 5.74) is 1.32. The highest BCUT2D eigenvalue weighted by molar-refractivity contribution is 7.98. The number of carbonyl (C=O) groups excluding carboxylic acids is 2. The SMILES string of the molecule is CC(C)(C)OC(=O)N1CCC(NC(=O)c2ccc(SCc3cccnc3)cc2)CC1. The van der Waals surface area contributed by atoms with Crippen molar-refractivity contribution in [2.75, 3.05) is 13.1 Å². The number of likely N-dealkylation sites (tertiary alicyclic amines) is 1. The molecule has 0 saturated carbocycles. The Morgan fingerprint density at radius 1 is 1.17 bits per heavy atom. The molecule has 1 N–H and O–H groups in total. The average molecular weight is 428 g/mol. The van der Waals surface area contributed by atoms with Crippen LogP contribution in [0, 0.1) is 0 Å². The number of benzene rings is 1. The third kappa shape index (κ3) is 6.76. The summed E-state index contributed by atoms with van der Waals surface area (Å²) in [6.07, 6.45) is 4.80. The van der Waals surface area contributed by atoms with E-state index in [1.807, 2.05) is 57.3 Å². The molecule has 1 aromatic carbocycles. The van der Waals surface area contributed by atoms with Crippen molar-refractivity contribution in [2.24, 2.45) is 0 Å². The Morgan fingerprint density at radius 3 is 2.47 bits per heavy atom. The van der Waals surface area contributed by atoms with Crippen molar-refractivity contribution < 1.29 is 14.3 Å². The van der Waals surface area contributed by atoms with Gasteiger partial charge in [0.15, 0.2) is 0 Å². The summed E-state index contributed by atoms with van der Waals surface area (Å²) < 4.78 is 5.42. The Kier molecular flexibility index (Phi) is 7.37. The van der Waals surface area contributed by atoms with E-state index in [-0.39, 0.29) is 18.0 Å². The zero-order chi connectivity index (χ0) is 21.6. The lowest BCUT2D eigenvalue weighted by Gasteiger charge is -2.33. The smallest absolute Gasteiger partial charge is 0.410 e. The van der Waals surface area contributed by atoms with Gasteiger partial charge in [-0.2, -0.15) is 0 Å². The average Bonchev–Trinajstić information content (AvgIpc) is 2.72. The van der Waals surface area contributed by atoms with E-state index in [1.54, 1.807) is 22.9 Å². The van der Waals surface area contributed by atoms with E-state index in [2.05, 4.69) is 16.4 Å². The van der Waals surface area contributed by atoms with Crippen molar-refractivity contribution in [3.63, 3.8) is 0 Å². The molecule has 0 unspecified atom stereocenters. The molecule has 1 aliphatic rings. The van der Waals surface area contributed by atoms with E-state index in [9.17, 15) is 9.59 Å². The first-order valence-corrected chi connectivity index (χ1v) is 11.2. The second kappa shape index (κ2) is 9.98. The number of pyridine rings is 1. The summed E-state index contributed by atoms with van der Waals surface area (Å²) in [5, 5.41) is 3.09. The molecule has 1 saturated heterocycles. The summed E-state index contributed by atoms with van der Waals surface area (Å²) in [6, 6.07) is 11.7. The Labute approximate surface area is 182 Å². The van der Waals surface area contributed by atoms with Crippen molar-refractivity contribution in [1.82, 2.24) is 15.2 Å². The van der Waals surface area contributed by atoms with Gasteiger partial charge in [0.2, 0.25) is 0 Å². The molecule has 3 rings (SSSR count). The largest absolute Gasteiger partial charge is 0.444 e. The molecule has 0 radical (unpaired) electrons. The third-order valence-electron chi connectivity index (χ3n) is 4.73. The molecule has 30 heavy (non-hydrogen) atoms. The maximum atomic E-state index is 12.6. The molecule has 7 heteroatoms.